The molecule has 120 valence electrons. The van der Waals surface area contributed by atoms with E-state index in [0.29, 0.717) is 13.1 Å². The van der Waals surface area contributed by atoms with Crippen molar-refractivity contribution in [2.45, 2.75) is 19.9 Å². The summed E-state index contributed by atoms with van der Waals surface area (Å²) in [6, 6.07) is 3.86. The van der Waals surface area contributed by atoms with E-state index < -0.39 is 0 Å². The van der Waals surface area contributed by atoms with E-state index in [2.05, 4.69) is 27.2 Å². The maximum absolute atomic E-state index is 5.30. The largest absolute Gasteiger partial charge is 0.469 e. The molecule has 0 aliphatic carbocycles. The minimum atomic E-state index is 0. The van der Waals surface area contributed by atoms with Gasteiger partial charge in [0.1, 0.15) is 10.8 Å². The highest BCUT2D eigenvalue weighted by Crippen LogP contribution is 2.11. The predicted octanol–water partition coefficient (Wildman–Crippen LogP) is 3.13. The molecule has 0 bridgehead atoms. The highest BCUT2D eigenvalue weighted by molar-refractivity contribution is 14.0. The summed E-state index contributed by atoms with van der Waals surface area (Å²) in [5.41, 5.74) is 0. The third kappa shape index (κ3) is 6.61. The molecule has 0 amide bonds. The van der Waals surface area contributed by atoms with Gasteiger partial charge in [-0.15, -0.1) is 41.9 Å². The number of aryl methyl sites for hydroxylation is 1. The van der Waals surface area contributed by atoms with Crippen LogP contribution in [0.25, 0.3) is 0 Å². The molecule has 2 rings (SSSR count). The molecule has 0 radical (unpaired) electrons. The second kappa shape index (κ2) is 10.4. The second-order valence-electron chi connectivity index (χ2n) is 4.46. The number of rotatable bonds is 7. The molecule has 0 aromatic carbocycles. The van der Waals surface area contributed by atoms with E-state index in [-0.39, 0.29) is 24.0 Å². The second-order valence-corrected chi connectivity index (χ2v) is 5.77. The Morgan fingerprint density at radius 3 is 3.00 bits per heavy atom. The lowest BCUT2D eigenvalue weighted by atomic mass is 10.3. The number of thiazole rings is 1. The van der Waals surface area contributed by atoms with E-state index >= 15 is 0 Å². The van der Waals surface area contributed by atoms with E-state index in [9.17, 15) is 0 Å². The predicted molar refractivity (Wildman–Crippen MR) is 102 cm³/mol. The standard InChI is InChI=1S/C15H20N4OS.HI/c1-3-7-16-15(17-8-6-13-5-4-9-20-13)19-11-14-18-10-12(2)21-14;/h3-5,9-10H,1,6-8,11H2,2H3,(H2,16,17,19);1H. The van der Waals surface area contributed by atoms with Crippen molar-refractivity contribution in [1.29, 1.82) is 0 Å². The molecule has 0 saturated heterocycles. The fourth-order valence-corrected chi connectivity index (χ4v) is 2.43. The Kier molecular flexibility index (Phi) is 8.83. The third-order valence-electron chi connectivity index (χ3n) is 2.70. The number of hydrogen-bond donors (Lipinski definition) is 2. The molecule has 2 N–H and O–H groups in total. The van der Waals surface area contributed by atoms with Crippen LogP contribution in [0.5, 0.6) is 0 Å². The minimum absolute atomic E-state index is 0. The maximum atomic E-state index is 5.30. The lowest BCUT2D eigenvalue weighted by molar-refractivity contribution is 0.507. The molecule has 0 unspecified atom stereocenters. The van der Waals surface area contributed by atoms with E-state index in [0.717, 1.165) is 29.7 Å². The van der Waals surface area contributed by atoms with Crippen LogP contribution in [0.3, 0.4) is 0 Å². The fourth-order valence-electron chi connectivity index (χ4n) is 1.72. The summed E-state index contributed by atoms with van der Waals surface area (Å²) in [4.78, 5) is 10.0. The van der Waals surface area contributed by atoms with E-state index in [1.807, 2.05) is 25.3 Å². The Bertz CT molecular complexity index is 580. The van der Waals surface area contributed by atoms with Crippen molar-refractivity contribution in [1.82, 2.24) is 15.6 Å². The zero-order valence-corrected chi connectivity index (χ0v) is 15.7. The van der Waals surface area contributed by atoms with E-state index in [1.54, 1.807) is 23.7 Å². The lowest BCUT2D eigenvalue weighted by Crippen LogP contribution is -2.38. The normalized spacial score (nSPS) is 10.9. The van der Waals surface area contributed by atoms with Crippen molar-refractivity contribution in [3.05, 3.63) is 52.9 Å². The van der Waals surface area contributed by atoms with Gasteiger partial charge in [-0.2, -0.15) is 0 Å². The Morgan fingerprint density at radius 1 is 1.50 bits per heavy atom. The first-order chi connectivity index (χ1) is 10.3. The minimum Gasteiger partial charge on any atom is -0.469 e. The first-order valence-electron chi connectivity index (χ1n) is 6.84. The third-order valence-corrected chi connectivity index (χ3v) is 3.60. The van der Waals surface area contributed by atoms with Gasteiger partial charge in [0.25, 0.3) is 0 Å². The smallest absolute Gasteiger partial charge is 0.191 e. The average molecular weight is 432 g/mol. The van der Waals surface area contributed by atoms with Crippen molar-refractivity contribution in [2.75, 3.05) is 13.1 Å². The Balaban J connectivity index is 0.00000242. The van der Waals surface area contributed by atoms with Crippen molar-refractivity contribution in [2.24, 2.45) is 4.99 Å². The molecule has 0 atom stereocenters. The fraction of sp³-hybridized carbons (Fsp3) is 0.333. The molecular weight excluding hydrogens is 411 g/mol. The van der Waals surface area contributed by atoms with Crippen LogP contribution in [0.2, 0.25) is 0 Å². The molecule has 0 saturated carbocycles. The summed E-state index contributed by atoms with van der Waals surface area (Å²) in [6.07, 6.45) is 6.18. The van der Waals surface area contributed by atoms with Gasteiger partial charge >= 0.3 is 0 Å². The van der Waals surface area contributed by atoms with Gasteiger partial charge in [-0.05, 0) is 19.1 Å². The summed E-state index contributed by atoms with van der Waals surface area (Å²) >= 11 is 1.67. The summed E-state index contributed by atoms with van der Waals surface area (Å²) in [6.45, 7) is 7.75. The molecule has 0 spiro atoms. The molecule has 22 heavy (non-hydrogen) atoms. The SMILES string of the molecule is C=CCNC(=NCc1ncc(C)s1)NCCc1ccco1.I. The Morgan fingerprint density at radius 2 is 2.36 bits per heavy atom. The van der Waals surface area contributed by atoms with Gasteiger partial charge in [0.05, 0.1) is 12.8 Å². The Hall–Kier alpha value is -1.35. The zero-order valence-electron chi connectivity index (χ0n) is 12.5. The van der Waals surface area contributed by atoms with Crippen LogP contribution < -0.4 is 10.6 Å². The molecule has 5 nitrogen and oxygen atoms in total. The summed E-state index contributed by atoms with van der Waals surface area (Å²) in [5, 5.41) is 7.48. The van der Waals surface area contributed by atoms with E-state index in [4.69, 9.17) is 4.42 Å². The van der Waals surface area contributed by atoms with Crippen molar-refractivity contribution in [3.8, 4) is 0 Å². The quantitative estimate of drug-likeness (QED) is 0.306. The van der Waals surface area contributed by atoms with Crippen LogP contribution in [-0.2, 0) is 13.0 Å². The van der Waals surface area contributed by atoms with Gasteiger partial charge in [-0.25, -0.2) is 9.98 Å². The van der Waals surface area contributed by atoms with Gasteiger partial charge in [0.15, 0.2) is 5.96 Å². The van der Waals surface area contributed by atoms with Crippen LogP contribution in [0, 0.1) is 6.92 Å². The Labute approximate surface area is 152 Å². The van der Waals surface area contributed by atoms with Gasteiger partial charge in [0, 0.05) is 30.6 Å². The molecule has 2 aromatic rings. The topological polar surface area (TPSA) is 62.5 Å². The number of aromatic nitrogens is 1. The monoisotopic (exact) mass is 432 g/mol. The van der Waals surface area contributed by atoms with Gasteiger partial charge < -0.3 is 15.1 Å². The number of hydrogen-bond acceptors (Lipinski definition) is 4. The highest BCUT2D eigenvalue weighted by atomic mass is 127. The first-order valence-corrected chi connectivity index (χ1v) is 7.66. The number of aliphatic imine (C=N–C) groups is 1. The van der Waals surface area contributed by atoms with Crippen molar-refractivity contribution in [3.63, 3.8) is 0 Å². The molecular formula is C15H21IN4OS. The molecule has 2 heterocycles. The number of halogens is 1. The maximum Gasteiger partial charge on any atom is 0.191 e. The number of nitrogens with one attached hydrogen (secondary N) is 2. The van der Waals surface area contributed by atoms with Crippen LogP contribution in [0.1, 0.15) is 15.6 Å². The van der Waals surface area contributed by atoms with Crippen LogP contribution in [0.4, 0.5) is 0 Å². The van der Waals surface area contributed by atoms with Crippen LogP contribution in [0.15, 0.2) is 46.7 Å². The first kappa shape index (κ1) is 18.7. The molecule has 0 aliphatic heterocycles. The summed E-state index contributed by atoms with van der Waals surface area (Å²) < 4.78 is 5.30. The van der Waals surface area contributed by atoms with E-state index in [1.165, 1.54) is 4.88 Å². The summed E-state index contributed by atoms with van der Waals surface area (Å²) in [7, 11) is 0. The van der Waals surface area contributed by atoms with Crippen molar-refractivity contribution >= 4 is 41.3 Å². The lowest BCUT2D eigenvalue weighted by Gasteiger charge is -2.10. The average Bonchev–Trinajstić information content (AvgIpc) is 3.13. The van der Waals surface area contributed by atoms with Gasteiger partial charge in [-0.1, -0.05) is 6.08 Å². The molecule has 0 aliphatic rings. The van der Waals surface area contributed by atoms with Gasteiger partial charge in [-0.3, -0.25) is 0 Å². The molecule has 2 aromatic heterocycles. The van der Waals surface area contributed by atoms with Crippen molar-refractivity contribution < 1.29 is 4.42 Å². The summed E-state index contributed by atoms with van der Waals surface area (Å²) in [5.74, 6) is 1.72. The highest BCUT2D eigenvalue weighted by Gasteiger charge is 2.01. The molecule has 0 fully saturated rings. The molecule has 7 heteroatoms. The van der Waals surface area contributed by atoms with Crippen LogP contribution >= 0.6 is 35.3 Å². The number of guanidine groups is 1. The number of nitrogens with zero attached hydrogens (tertiary/aromatic N) is 2. The van der Waals surface area contributed by atoms with Crippen LogP contribution in [-0.4, -0.2) is 24.0 Å². The number of furan rings is 1. The van der Waals surface area contributed by atoms with Gasteiger partial charge in [0.2, 0.25) is 0 Å². The zero-order chi connectivity index (χ0) is 14.9.